The Balaban J connectivity index is 1.45. The van der Waals surface area contributed by atoms with Crippen LogP contribution in [0.3, 0.4) is 0 Å². The molecule has 0 radical (unpaired) electrons. The molecule has 6 rings (SSSR count). The maximum atomic E-state index is 14.0. The first kappa shape index (κ1) is 29.5. The Morgan fingerprint density at radius 1 is 1.11 bits per heavy atom. The van der Waals surface area contributed by atoms with E-state index in [1.165, 1.54) is 30.3 Å². The highest BCUT2D eigenvalue weighted by molar-refractivity contribution is 7.16. The average molecular weight is 619 g/mol. The van der Waals surface area contributed by atoms with E-state index in [0.717, 1.165) is 16.1 Å². The van der Waals surface area contributed by atoms with Crippen molar-refractivity contribution in [1.29, 1.82) is 0 Å². The van der Waals surface area contributed by atoms with Crippen molar-refractivity contribution in [3.8, 4) is 17.0 Å². The maximum absolute atomic E-state index is 14.0. The summed E-state index contributed by atoms with van der Waals surface area (Å²) in [6.07, 6.45) is -1.68. The molecule has 12 nitrogen and oxygen atoms in total. The van der Waals surface area contributed by atoms with E-state index in [1.54, 1.807) is 12.1 Å². The van der Waals surface area contributed by atoms with Crippen LogP contribution in [-0.4, -0.2) is 84.7 Å². The molecule has 0 unspecified atom stereocenters. The minimum atomic E-state index is -2.96. The number of phenolic OH excluding ortho intramolecular Hbond substituents is 1. The van der Waals surface area contributed by atoms with E-state index in [9.17, 15) is 39.9 Å². The minimum absolute atomic E-state index is 0.0436. The van der Waals surface area contributed by atoms with Gasteiger partial charge in [0.25, 0.3) is 5.91 Å². The molecule has 1 heterocycles. The number of nitrogens with two attached hydrogens (primary N) is 1. The average Bonchev–Trinajstić information content (AvgIpc) is 3.34. The first-order valence-corrected chi connectivity index (χ1v) is 14.6. The molecule has 0 spiro atoms. The van der Waals surface area contributed by atoms with Gasteiger partial charge in [-0.3, -0.25) is 19.3 Å². The number of carbonyl (C=O) groups is 3. The third kappa shape index (κ3) is 4.08. The number of aliphatic hydroxyl groups is 4. The lowest BCUT2D eigenvalue weighted by molar-refractivity contribution is -0.168. The van der Waals surface area contributed by atoms with Gasteiger partial charge in [-0.15, -0.1) is 11.3 Å². The molecule has 3 aliphatic rings. The lowest BCUT2D eigenvalue weighted by atomic mass is 9.56. The van der Waals surface area contributed by atoms with Crippen molar-refractivity contribution < 1.29 is 39.9 Å². The summed E-state index contributed by atoms with van der Waals surface area (Å²) in [5.74, 6) is -8.60. The van der Waals surface area contributed by atoms with E-state index in [2.05, 4.69) is 10.3 Å². The number of amides is 1. The lowest BCUT2D eigenvalue weighted by Crippen LogP contribution is -2.70. The number of rotatable bonds is 5. The van der Waals surface area contributed by atoms with Crippen molar-refractivity contribution in [3.05, 3.63) is 75.4 Å². The van der Waals surface area contributed by atoms with E-state index >= 15 is 0 Å². The molecule has 0 aliphatic heterocycles. The summed E-state index contributed by atoms with van der Waals surface area (Å²) >= 11 is 1.36. The number of fused-ring (bicyclic) bond motifs is 3. The van der Waals surface area contributed by atoms with Gasteiger partial charge in [0, 0.05) is 21.9 Å². The van der Waals surface area contributed by atoms with Crippen LogP contribution in [0.5, 0.6) is 5.75 Å². The van der Waals surface area contributed by atoms with Gasteiger partial charge in [-0.2, -0.15) is 0 Å². The van der Waals surface area contributed by atoms with Crippen molar-refractivity contribution in [2.45, 2.75) is 31.1 Å². The molecule has 0 saturated heterocycles. The molecule has 1 aromatic heterocycles. The molecule has 8 N–H and O–H groups in total. The number of hydrogen-bond donors (Lipinski definition) is 7. The molecule has 5 atom stereocenters. The van der Waals surface area contributed by atoms with Crippen molar-refractivity contribution in [1.82, 2.24) is 9.88 Å². The van der Waals surface area contributed by atoms with Gasteiger partial charge in [0.1, 0.15) is 22.8 Å². The monoisotopic (exact) mass is 618 g/mol. The topological polar surface area (TPSA) is 207 Å². The fraction of sp³-hybridized carbons (Fsp3) is 0.290. The van der Waals surface area contributed by atoms with Gasteiger partial charge >= 0.3 is 0 Å². The van der Waals surface area contributed by atoms with E-state index < -0.39 is 75.5 Å². The number of nitrogens with zero attached hydrogens (tertiary/aromatic N) is 2. The summed E-state index contributed by atoms with van der Waals surface area (Å²) in [7, 11) is 2.92. The third-order valence-electron chi connectivity index (χ3n) is 8.76. The molecule has 13 heteroatoms. The van der Waals surface area contributed by atoms with Crippen LogP contribution in [0.2, 0.25) is 0 Å². The number of anilines is 2. The third-order valence-corrected chi connectivity index (χ3v) is 9.65. The van der Waals surface area contributed by atoms with Crippen LogP contribution in [0, 0.1) is 18.8 Å². The molecule has 1 saturated carbocycles. The smallest absolute Gasteiger partial charge is 0.255 e. The molecule has 44 heavy (non-hydrogen) atoms. The van der Waals surface area contributed by atoms with E-state index in [-0.39, 0.29) is 17.7 Å². The summed E-state index contributed by atoms with van der Waals surface area (Å²) in [6, 6.07) is 11.4. The fourth-order valence-corrected chi connectivity index (χ4v) is 7.61. The predicted molar refractivity (Wildman–Crippen MR) is 161 cm³/mol. The molecule has 0 bridgehead atoms. The van der Waals surface area contributed by atoms with Crippen molar-refractivity contribution in [2.75, 3.05) is 19.4 Å². The van der Waals surface area contributed by atoms with E-state index in [0.29, 0.717) is 10.7 Å². The fourth-order valence-electron chi connectivity index (χ4n) is 6.76. The number of nitrogens with one attached hydrogen (secondary N) is 1. The zero-order chi connectivity index (χ0) is 31.8. The Hall–Kier alpha value is -4.56. The Labute approximate surface area is 255 Å². The van der Waals surface area contributed by atoms with Gasteiger partial charge in [-0.1, -0.05) is 36.4 Å². The Kier molecular flexibility index (Phi) is 6.89. The number of likely N-dealkylation sites (N-methyl/N-ethyl adjacent to an activating group) is 1. The van der Waals surface area contributed by atoms with Crippen molar-refractivity contribution in [2.24, 2.45) is 17.6 Å². The lowest BCUT2D eigenvalue weighted by Gasteiger charge is -2.52. The number of aromatic nitrogens is 1. The van der Waals surface area contributed by atoms with Crippen LogP contribution in [0.15, 0.2) is 59.4 Å². The van der Waals surface area contributed by atoms with Gasteiger partial charge in [0.2, 0.25) is 5.78 Å². The van der Waals surface area contributed by atoms with Gasteiger partial charge in [-0.05, 0) is 39.1 Å². The molecular weight excluding hydrogens is 588 g/mol. The van der Waals surface area contributed by atoms with Crippen LogP contribution < -0.4 is 11.1 Å². The second kappa shape index (κ2) is 10.3. The summed E-state index contributed by atoms with van der Waals surface area (Å²) in [5, 5.41) is 60.7. The Morgan fingerprint density at radius 2 is 1.80 bits per heavy atom. The number of ketones is 2. The zero-order valence-electron chi connectivity index (χ0n) is 23.9. The summed E-state index contributed by atoms with van der Waals surface area (Å²) in [4.78, 5) is 46.3. The van der Waals surface area contributed by atoms with Crippen LogP contribution in [0.4, 0.5) is 10.8 Å². The number of aryl methyl sites for hydroxylation is 1. The van der Waals surface area contributed by atoms with Crippen LogP contribution in [0.25, 0.3) is 17.0 Å². The number of thiazole rings is 1. The van der Waals surface area contributed by atoms with Crippen LogP contribution in [-0.2, 0) is 20.8 Å². The number of phenols is 1. The molecule has 2 aromatic carbocycles. The second-order valence-corrected chi connectivity index (χ2v) is 12.7. The number of Topliss-reactive ketones (excluding diaryl/α,β-unsaturated/α-hetero) is 2. The molecular formula is C31H30N4O8S. The summed E-state index contributed by atoms with van der Waals surface area (Å²) < 4.78 is 0. The molecule has 3 aromatic rings. The Bertz CT molecular complexity index is 1810. The standard InChI is InChI=1S/C31H30N4O8S/c1-12-21(13-7-5-4-6-8-13)34-30(44-12)33-16-10-9-14-11-15-18(25(38)17(14)24(16)37)27(40)31(43)20(23(15)36)22(35(2)3)26(39)19(28(31)41)29(32)42/h4-10,15,20,22-23,36-38,41,43H,11H2,1-3H3,(H2,32,42)(H,33,34)/t15-,20-,22-,23+,31+/m1/s1. The summed E-state index contributed by atoms with van der Waals surface area (Å²) in [6.45, 7) is 1.92. The SMILES string of the molecule is Cc1sc(Nc2ccc3c(c2O)C(O)=C2C(=O)[C@]4(O)C(O)=C(C(N)=O)C(=O)[C@H](N(C)C)[C@@H]4[C@@H](O)[C@@H]2C3)nc1-c1ccccc1. The van der Waals surface area contributed by atoms with Crippen molar-refractivity contribution in [3.63, 3.8) is 0 Å². The number of carbonyl (C=O) groups excluding carboxylic acids is 3. The highest BCUT2D eigenvalue weighted by Gasteiger charge is 2.67. The van der Waals surface area contributed by atoms with Crippen LogP contribution in [0.1, 0.15) is 16.0 Å². The second-order valence-electron chi connectivity index (χ2n) is 11.5. The number of hydrogen-bond acceptors (Lipinski definition) is 12. The molecule has 228 valence electrons. The van der Waals surface area contributed by atoms with Gasteiger partial charge in [0.15, 0.2) is 16.5 Å². The molecule has 1 amide bonds. The molecule has 1 fully saturated rings. The predicted octanol–water partition coefficient (Wildman–Crippen LogP) is 2.11. The highest BCUT2D eigenvalue weighted by atomic mass is 32.1. The largest absolute Gasteiger partial charge is 0.508 e. The maximum Gasteiger partial charge on any atom is 0.255 e. The number of aliphatic hydroxyl groups excluding tert-OH is 3. The van der Waals surface area contributed by atoms with Crippen LogP contribution >= 0.6 is 11.3 Å². The minimum Gasteiger partial charge on any atom is -0.508 e. The molecule has 3 aliphatic carbocycles. The first-order valence-electron chi connectivity index (χ1n) is 13.8. The summed E-state index contributed by atoms with van der Waals surface area (Å²) in [5.41, 5.74) is 3.14. The zero-order valence-corrected chi connectivity index (χ0v) is 24.7. The number of benzene rings is 2. The highest BCUT2D eigenvalue weighted by Crippen LogP contribution is 2.53. The van der Waals surface area contributed by atoms with E-state index in [1.807, 2.05) is 37.3 Å². The normalized spacial score (nSPS) is 26.4. The Morgan fingerprint density at radius 3 is 2.43 bits per heavy atom. The number of primary amides is 1. The van der Waals surface area contributed by atoms with Gasteiger partial charge < -0.3 is 36.6 Å². The first-order chi connectivity index (χ1) is 20.8. The van der Waals surface area contributed by atoms with Gasteiger partial charge in [-0.25, -0.2) is 4.98 Å². The van der Waals surface area contributed by atoms with Gasteiger partial charge in [0.05, 0.1) is 35.0 Å². The van der Waals surface area contributed by atoms with E-state index in [4.69, 9.17) is 5.73 Å². The quantitative estimate of drug-likeness (QED) is 0.163. The van der Waals surface area contributed by atoms with Crippen molar-refractivity contribution >= 4 is 45.4 Å². The number of aromatic hydroxyl groups is 1.